The Hall–Kier alpha value is -0.390. The fourth-order valence-corrected chi connectivity index (χ4v) is 3.06. The summed E-state index contributed by atoms with van der Waals surface area (Å²) in [5.74, 6) is 0.111. The van der Waals surface area contributed by atoms with Crippen LogP contribution in [0, 0.1) is 6.92 Å². The first kappa shape index (κ1) is 13.1. The van der Waals surface area contributed by atoms with E-state index in [2.05, 4.69) is 39.6 Å². The minimum atomic E-state index is -0.128. The zero-order valence-corrected chi connectivity index (χ0v) is 12.5. The predicted octanol–water partition coefficient (Wildman–Crippen LogP) is 2.58. The molecule has 2 N–H and O–H groups in total. The number of hydrogen-bond acceptors (Lipinski definition) is 3. The average Bonchev–Trinajstić information content (AvgIpc) is 3.03. The van der Waals surface area contributed by atoms with Gasteiger partial charge < -0.3 is 10.6 Å². The lowest BCUT2D eigenvalue weighted by atomic mass is 10.3. The van der Waals surface area contributed by atoms with Crippen molar-refractivity contribution in [3.63, 3.8) is 0 Å². The van der Waals surface area contributed by atoms with Crippen molar-refractivity contribution in [3.05, 3.63) is 20.3 Å². The van der Waals surface area contributed by atoms with E-state index in [1.807, 2.05) is 6.92 Å². The van der Waals surface area contributed by atoms with Crippen molar-refractivity contribution in [2.24, 2.45) is 0 Å². The number of halogens is 1. The molecule has 1 aromatic heterocycles. The van der Waals surface area contributed by atoms with Gasteiger partial charge in [0, 0.05) is 26.8 Å². The minimum Gasteiger partial charge on any atom is -0.352 e. The highest BCUT2D eigenvalue weighted by Gasteiger charge is 2.25. The lowest BCUT2D eigenvalue weighted by Crippen LogP contribution is -2.42. The Morgan fingerprint density at radius 3 is 2.88 bits per heavy atom. The topological polar surface area (TPSA) is 41.1 Å². The van der Waals surface area contributed by atoms with E-state index in [0.717, 1.165) is 23.9 Å². The molecule has 1 aliphatic rings. The summed E-state index contributed by atoms with van der Waals surface area (Å²) in [6.07, 6.45) is 2.27. The van der Waals surface area contributed by atoms with Crippen molar-refractivity contribution in [1.29, 1.82) is 0 Å². The van der Waals surface area contributed by atoms with E-state index in [-0.39, 0.29) is 11.9 Å². The Balaban J connectivity index is 1.78. The molecule has 1 aliphatic carbocycles. The summed E-state index contributed by atoms with van der Waals surface area (Å²) in [6.45, 7) is 4.74. The number of nitrogens with one attached hydrogen (secondary N) is 2. The summed E-state index contributed by atoms with van der Waals surface area (Å²) in [5, 5.41) is 6.25. The number of thiophene rings is 1. The van der Waals surface area contributed by atoms with Crippen LogP contribution in [0.15, 0.2) is 10.5 Å². The molecule has 0 aliphatic heterocycles. The first-order chi connectivity index (χ1) is 8.06. The van der Waals surface area contributed by atoms with Gasteiger partial charge >= 0.3 is 0 Å². The molecule has 2 rings (SSSR count). The van der Waals surface area contributed by atoms with Gasteiger partial charge in [-0.1, -0.05) is 0 Å². The largest absolute Gasteiger partial charge is 0.352 e. The van der Waals surface area contributed by atoms with Crippen LogP contribution in [-0.2, 0) is 11.3 Å². The van der Waals surface area contributed by atoms with Crippen molar-refractivity contribution in [1.82, 2.24) is 10.6 Å². The van der Waals surface area contributed by atoms with Gasteiger partial charge in [0.15, 0.2) is 0 Å². The second-order valence-electron chi connectivity index (χ2n) is 4.50. The Morgan fingerprint density at radius 2 is 2.35 bits per heavy atom. The monoisotopic (exact) mass is 316 g/mol. The third kappa shape index (κ3) is 3.79. The molecule has 1 saturated carbocycles. The van der Waals surface area contributed by atoms with Gasteiger partial charge in [-0.2, -0.15) is 0 Å². The number of rotatable bonds is 5. The van der Waals surface area contributed by atoms with Crippen LogP contribution >= 0.6 is 27.3 Å². The van der Waals surface area contributed by atoms with E-state index >= 15 is 0 Å². The number of hydrogen-bond donors (Lipinski definition) is 2. The highest BCUT2D eigenvalue weighted by atomic mass is 79.9. The number of carbonyl (C=O) groups is 1. The second-order valence-corrected chi connectivity index (χ2v) is 6.70. The van der Waals surface area contributed by atoms with Gasteiger partial charge in [-0.25, -0.2) is 0 Å². The van der Waals surface area contributed by atoms with Crippen LogP contribution in [0.3, 0.4) is 0 Å². The molecule has 0 spiro atoms. The molecule has 1 heterocycles. The van der Waals surface area contributed by atoms with Gasteiger partial charge in [-0.15, -0.1) is 11.3 Å². The zero-order chi connectivity index (χ0) is 12.4. The zero-order valence-electron chi connectivity index (χ0n) is 10.0. The summed E-state index contributed by atoms with van der Waals surface area (Å²) in [5.41, 5.74) is 0. The van der Waals surface area contributed by atoms with Crippen LogP contribution in [0.4, 0.5) is 0 Å². The smallest absolute Gasteiger partial charge is 0.237 e. The Morgan fingerprint density at radius 1 is 1.65 bits per heavy atom. The number of amides is 1. The van der Waals surface area contributed by atoms with E-state index in [4.69, 9.17) is 0 Å². The highest BCUT2D eigenvalue weighted by molar-refractivity contribution is 9.10. The highest BCUT2D eigenvalue weighted by Crippen LogP contribution is 2.26. The SMILES string of the molecule is Cc1sc(CNC(C)C(=O)NC2CC2)cc1Br. The second kappa shape index (κ2) is 5.50. The number of carbonyl (C=O) groups excluding carboxylic acids is 1. The van der Waals surface area contributed by atoms with Gasteiger partial charge in [0.25, 0.3) is 0 Å². The van der Waals surface area contributed by atoms with Gasteiger partial charge in [-0.3, -0.25) is 4.79 Å². The van der Waals surface area contributed by atoms with Crippen LogP contribution in [0.25, 0.3) is 0 Å². The molecule has 1 fully saturated rings. The van der Waals surface area contributed by atoms with E-state index in [9.17, 15) is 4.79 Å². The van der Waals surface area contributed by atoms with Gasteiger partial charge in [-0.05, 0) is 48.7 Å². The Bertz CT molecular complexity index is 395. The molecular weight excluding hydrogens is 300 g/mol. The first-order valence-corrected chi connectivity index (χ1v) is 7.46. The fourth-order valence-electron chi connectivity index (χ4n) is 1.51. The lowest BCUT2D eigenvalue weighted by Gasteiger charge is -2.12. The minimum absolute atomic E-state index is 0.111. The van der Waals surface area contributed by atoms with Crippen LogP contribution in [0.1, 0.15) is 29.5 Å². The molecule has 0 bridgehead atoms. The number of aryl methyl sites for hydroxylation is 1. The first-order valence-electron chi connectivity index (χ1n) is 5.85. The van der Waals surface area contributed by atoms with Crippen LogP contribution in [0.5, 0.6) is 0 Å². The van der Waals surface area contributed by atoms with E-state index in [1.165, 1.54) is 9.75 Å². The Kier molecular flexibility index (Phi) is 4.22. The van der Waals surface area contributed by atoms with Crippen LogP contribution < -0.4 is 10.6 Å². The van der Waals surface area contributed by atoms with Crippen LogP contribution in [0.2, 0.25) is 0 Å². The quantitative estimate of drug-likeness (QED) is 0.876. The molecule has 1 unspecified atom stereocenters. The van der Waals surface area contributed by atoms with Gasteiger partial charge in [0.1, 0.15) is 0 Å². The molecule has 1 atom stereocenters. The van der Waals surface area contributed by atoms with E-state index in [0.29, 0.717) is 6.04 Å². The molecular formula is C12H17BrN2OS. The fraction of sp³-hybridized carbons (Fsp3) is 0.583. The third-order valence-electron chi connectivity index (χ3n) is 2.81. The molecule has 0 saturated heterocycles. The summed E-state index contributed by atoms with van der Waals surface area (Å²) in [4.78, 5) is 14.2. The van der Waals surface area contributed by atoms with Gasteiger partial charge in [0.05, 0.1) is 6.04 Å². The van der Waals surface area contributed by atoms with E-state index in [1.54, 1.807) is 11.3 Å². The predicted molar refractivity (Wildman–Crippen MR) is 74.2 cm³/mol. The summed E-state index contributed by atoms with van der Waals surface area (Å²) in [6, 6.07) is 2.42. The van der Waals surface area contributed by atoms with Crippen molar-refractivity contribution >= 4 is 33.2 Å². The van der Waals surface area contributed by atoms with Crippen molar-refractivity contribution in [2.75, 3.05) is 0 Å². The van der Waals surface area contributed by atoms with E-state index < -0.39 is 0 Å². The normalized spacial score (nSPS) is 16.9. The maximum atomic E-state index is 11.7. The Labute approximate surface area is 114 Å². The lowest BCUT2D eigenvalue weighted by molar-refractivity contribution is -0.122. The average molecular weight is 317 g/mol. The summed E-state index contributed by atoms with van der Waals surface area (Å²) in [7, 11) is 0. The molecule has 0 aromatic carbocycles. The molecule has 1 aromatic rings. The van der Waals surface area contributed by atoms with Crippen molar-refractivity contribution in [2.45, 2.75) is 45.3 Å². The summed E-state index contributed by atoms with van der Waals surface area (Å²) >= 11 is 5.25. The maximum absolute atomic E-state index is 11.7. The third-order valence-corrected chi connectivity index (χ3v) is 4.94. The van der Waals surface area contributed by atoms with Crippen molar-refractivity contribution in [3.8, 4) is 0 Å². The standard InChI is InChI=1S/C12H17BrN2OS/c1-7(12(16)15-9-3-4-9)14-6-10-5-11(13)8(2)17-10/h5,7,9,14H,3-4,6H2,1-2H3,(H,15,16). The van der Waals surface area contributed by atoms with Gasteiger partial charge in [0.2, 0.25) is 5.91 Å². The molecule has 1 amide bonds. The summed E-state index contributed by atoms with van der Waals surface area (Å²) < 4.78 is 1.15. The maximum Gasteiger partial charge on any atom is 0.237 e. The molecule has 17 heavy (non-hydrogen) atoms. The van der Waals surface area contributed by atoms with Crippen molar-refractivity contribution < 1.29 is 4.79 Å². The van der Waals surface area contributed by atoms with Crippen LogP contribution in [-0.4, -0.2) is 18.0 Å². The molecule has 5 heteroatoms. The molecule has 94 valence electrons. The molecule has 3 nitrogen and oxygen atoms in total. The molecule has 0 radical (unpaired) electrons.